The van der Waals surface area contributed by atoms with Gasteiger partial charge in [0.05, 0.1) is 11.4 Å². The molecule has 0 saturated heterocycles. The minimum Gasteiger partial charge on any atom is -0.367 e. The van der Waals surface area contributed by atoms with E-state index in [2.05, 4.69) is 33.0 Å². The molecule has 0 radical (unpaired) electrons. The third-order valence-corrected chi connectivity index (χ3v) is 4.24. The molecule has 1 aromatic rings. The van der Waals surface area contributed by atoms with Crippen LogP contribution in [-0.4, -0.2) is 16.6 Å². The Morgan fingerprint density at radius 1 is 1.15 bits per heavy atom. The number of hydrogen-bond donors (Lipinski definition) is 1. The summed E-state index contributed by atoms with van der Waals surface area (Å²) in [5.74, 6) is 1.29. The van der Waals surface area contributed by atoms with Gasteiger partial charge in [0, 0.05) is 25.3 Å². The van der Waals surface area contributed by atoms with Crippen LogP contribution in [0.1, 0.15) is 76.2 Å². The van der Waals surface area contributed by atoms with Crippen molar-refractivity contribution in [3.8, 4) is 0 Å². The van der Waals surface area contributed by atoms with Gasteiger partial charge < -0.3 is 10.1 Å². The zero-order chi connectivity index (χ0) is 14.8. The predicted octanol–water partition coefficient (Wildman–Crippen LogP) is 3.26. The molecule has 0 aromatic carbocycles. The monoisotopic (exact) mass is 277 g/mol. The zero-order valence-electron chi connectivity index (χ0n) is 13.4. The summed E-state index contributed by atoms with van der Waals surface area (Å²) in [6.45, 7) is 13.2. The summed E-state index contributed by atoms with van der Waals surface area (Å²) in [7, 11) is 0. The topological polar surface area (TPSA) is 47.0 Å². The molecular formula is C16H27N3O. The lowest BCUT2D eigenvalue weighted by atomic mass is 9.94. The van der Waals surface area contributed by atoms with E-state index in [-0.39, 0.29) is 5.60 Å². The van der Waals surface area contributed by atoms with Gasteiger partial charge in [-0.25, -0.2) is 9.97 Å². The van der Waals surface area contributed by atoms with Crippen molar-refractivity contribution < 1.29 is 4.74 Å². The summed E-state index contributed by atoms with van der Waals surface area (Å²) in [4.78, 5) is 9.73. The molecule has 112 valence electrons. The molecule has 0 amide bonds. The van der Waals surface area contributed by atoms with E-state index >= 15 is 0 Å². The maximum atomic E-state index is 6.06. The van der Waals surface area contributed by atoms with Crippen molar-refractivity contribution in [2.45, 2.75) is 72.1 Å². The summed E-state index contributed by atoms with van der Waals surface area (Å²) in [5.41, 5.74) is 3.29. The lowest BCUT2D eigenvalue weighted by Crippen LogP contribution is -2.32. The molecule has 0 aliphatic carbocycles. The Balaban J connectivity index is 2.53. The highest BCUT2D eigenvalue weighted by Crippen LogP contribution is 2.33. The molecule has 1 aliphatic heterocycles. The van der Waals surface area contributed by atoms with Crippen LogP contribution in [0.15, 0.2) is 0 Å². The minimum atomic E-state index is -0.337. The Morgan fingerprint density at radius 2 is 1.85 bits per heavy atom. The molecule has 0 saturated carbocycles. The molecule has 1 aliphatic rings. The third-order valence-electron chi connectivity index (χ3n) is 4.24. The maximum absolute atomic E-state index is 6.06. The van der Waals surface area contributed by atoms with Gasteiger partial charge in [0.2, 0.25) is 0 Å². The number of hydrogen-bond acceptors (Lipinski definition) is 4. The average Bonchev–Trinajstić information content (AvgIpc) is 2.91. The van der Waals surface area contributed by atoms with Gasteiger partial charge in [-0.1, -0.05) is 27.7 Å². The molecule has 0 atom stereocenters. The lowest BCUT2D eigenvalue weighted by molar-refractivity contribution is -0.0574. The lowest BCUT2D eigenvalue weighted by Gasteiger charge is -2.31. The summed E-state index contributed by atoms with van der Waals surface area (Å²) in [6, 6.07) is 0. The number of aromatic nitrogens is 2. The van der Waals surface area contributed by atoms with Crippen LogP contribution in [0.4, 0.5) is 0 Å². The Kier molecular flexibility index (Phi) is 4.76. The number of nitrogens with zero attached hydrogens (tertiary/aromatic N) is 2. The van der Waals surface area contributed by atoms with Crippen LogP contribution >= 0.6 is 0 Å². The minimum absolute atomic E-state index is 0.337. The van der Waals surface area contributed by atoms with E-state index < -0.39 is 0 Å². The van der Waals surface area contributed by atoms with Gasteiger partial charge in [-0.05, 0) is 25.7 Å². The van der Waals surface area contributed by atoms with E-state index in [4.69, 9.17) is 14.7 Å². The summed E-state index contributed by atoms with van der Waals surface area (Å²) >= 11 is 0. The second-order valence-electron chi connectivity index (χ2n) is 5.75. The molecule has 0 fully saturated rings. The van der Waals surface area contributed by atoms with Crippen molar-refractivity contribution in [2.24, 2.45) is 0 Å². The molecular weight excluding hydrogens is 250 g/mol. The molecule has 4 heteroatoms. The fraction of sp³-hybridized carbons (Fsp3) is 0.750. The largest absolute Gasteiger partial charge is 0.367 e. The maximum Gasteiger partial charge on any atom is 0.160 e. The van der Waals surface area contributed by atoms with Gasteiger partial charge in [-0.15, -0.1) is 0 Å². The molecule has 4 nitrogen and oxygen atoms in total. The third kappa shape index (κ3) is 2.59. The van der Waals surface area contributed by atoms with Crippen molar-refractivity contribution >= 4 is 0 Å². The van der Waals surface area contributed by atoms with Crippen LogP contribution in [0.2, 0.25) is 0 Å². The SMILES string of the molecule is CCOC(CC)(CC)c1nc2c(c(C(C)C)n1)CNC2. The van der Waals surface area contributed by atoms with Crippen LogP contribution in [0.25, 0.3) is 0 Å². The van der Waals surface area contributed by atoms with E-state index in [1.807, 2.05) is 6.92 Å². The van der Waals surface area contributed by atoms with E-state index in [0.29, 0.717) is 12.5 Å². The van der Waals surface area contributed by atoms with Crippen LogP contribution in [0.3, 0.4) is 0 Å². The molecule has 2 rings (SSSR count). The highest BCUT2D eigenvalue weighted by atomic mass is 16.5. The number of nitrogens with one attached hydrogen (secondary N) is 1. The van der Waals surface area contributed by atoms with Crippen LogP contribution in [0.5, 0.6) is 0 Å². The van der Waals surface area contributed by atoms with Crippen LogP contribution in [-0.2, 0) is 23.4 Å². The highest BCUT2D eigenvalue weighted by Gasteiger charge is 2.34. The summed E-state index contributed by atoms with van der Waals surface area (Å²) < 4.78 is 6.06. The normalized spacial score (nSPS) is 14.9. The van der Waals surface area contributed by atoms with Gasteiger partial charge in [-0.3, -0.25) is 0 Å². The molecule has 1 N–H and O–H groups in total. The standard InChI is InChI=1S/C16H27N3O/c1-6-16(7-2,20-8-3)15-18-13-10-17-9-12(13)14(19-15)11(4)5/h11,17H,6-10H2,1-5H3. The van der Waals surface area contributed by atoms with Crippen molar-refractivity contribution in [1.82, 2.24) is 15.3 Å². The number of fused-ring (bicyclic) bond motifs is 1. The van der Waals surface area contributed by atoms with Gasteiger partial charge in [0.1, 0.15) is 5.60 Å². The quantitative estimate of drug-likeness (QED) is 0.867. The molecule has 2 heterocycles. The Labute approximate surface area is 122 Å². The Hall–Kier alpha value is -1.00. The first-order valence-electron chi connectivity index (χ1n) is 7.82. The van der Waals surface area contributed by atoms with Crippen LogP contribution in [0, 0.1) is 0 Å². The predicted molar refractivity (Wildman–Crippen MR) is 80.6 cm³/mol. The van der Waals surface area contributed by atoms with Crippen molar-refractivity contribution in [3.63, 3.8) is 0 Å². The summed E-state index contributed by atoms with van der Waals surface area (Å²) in [5, 5.41) is 3.39. The first kappa shape index (κ1) is 15.4. The Bertz CT molecular complexity index is 467. The fourth-order valence-corrected chi connectivity index (χ4v) is 2.99. The van der Waals surface area contributed by atoms with Gasteiger partial charge in [-0.2, -0.15) is 0 Å². The number of ether oxygens (including phenoxy) is 1. The smallest absolute Gasteiger partial charge is 0.160 e. The van der Waals surface area contributed by atoms with Crippen molar-refractivity contribution in [1.29, 1.82) is 0 Å². The van der Waals surface area contributed by atoms with E-state index in [0.717, 1.165) is 37.4 Å². The van der Waals surface area contributed by atoms with Crippen LogP contribution < -0.4 is 5.32 Å². The van der Waals surface area contributed by atoms with Crippen molar-refractivity contribution in [3.05, 3.63) is 22.8 Å². The first-order valence-corrected chi connectivity index (χ1v) is 7.82. The van der Waals surface area contributed by atoms with E-state index in [1.54, 1.807) is 0 Å². The zero-order valence-corrected chi connectivity index (χ0v) is 13.4. The van der Waals surface area contributed by atoms with E-state index in [1.165, 1.54) is 11.3 Å². The number of rotatable bonds is 6. The summed E-state index contributed by atoms with van der Waals surface area (Å²) in [6.07, 6.45) is 1.81. The fourth-order valence-electron chi connectivity index (χ4n) is 2.99. The van der Waals surface area contributed by atoms with Gasteiger partial charge >= 0.3 is 0 Å². The highest BCUT2D eigenvalue weighted by molar-refractivity contribution is 5.32. The molecule has 0 unspecified atom stereocenters. The molecule has 1 aromatic heterocycles. The average molecular weight is 277 g/mol. The molecule has 0 bridgehead atoms. The second-order valence-corrected chi connectivity index (χ2v) is 5.75. The second kappa shape index (κ2) is 6.19. The van der Waals surface area contributed by atoms with Gasteiger partial charge in [0.15, 0.2) is 5.82 Å². The van der Waals surface area contributed by atoms with Gasteiger partial charge in [0.25, 0.3) is 0 Å². The van der Waals surface area contributed by atoms with Crippen molar-refractivity contribution in [2.75, 3.05) is 6.61 Å². The Morgan fingerprint density at radius 3 is 2.40 bits per heavy atom. The first-order chi connectivity index (χ1) is 9.57. The molecule has 20 heavy (non-hydrogen) atoms. The van der Waals surface area contributed by atoms with E-state index in [9.17, 15) is 0 Å². The molecule has 0 spiro atoms.